The van der Waals surface area contributed by atoms with Gasteiger partial charge in [0.15, 0.2) is 0 Å². The van der Waals surface area contributed by atoms with Crippen molar-refractivity contribution in [2.24, 2.45) is 0 Å². The summed E-state index contributed by atoms with van der Waals surface area (Å²) in [5, 5.41) is 0. The molecule has 0 saturated carbocycles. The number of hydrogen-bond donors (Lipinski definition) is 0. The average molecular weight is 484 g/mol. The quantitative estimate of drug-likeness (QED) is 0.126. The summed E-state index contributed by atoms with van der Waals surface area (Å²) in [6, 6.07) is 0. The van der Waals surface area contributed by atoms with Crippen molar-refractivity contribution in [3.63, 3.8) is 0 Å². The Kier molecular flexibility index (Phi) is 26.5. The first kappa shape index (κ1) is 34.5. The van der Waals surface area contributed by atoms with Crippen molar-refractivity contribution in [3.05, 3.63) is 0 Å². The van der Waals surface area contributed by atoms with Gasteiger partial charge in [-0.3, -0.25) is 4.79 Å². The predicted molar refractivity (Wildman–Crippen MR) is 130 cm³/mol. The predicted octanol–water partition coefficient (Wildman–Crippen LogP) is 3.82. The number of nitrogens with zero attached hydrogens (tertiary/aromatic N) is 1. The summed E-state index contributed by atoms with van der Waals surface area (Å²) in [6.07, 6.45) is 24.0. The van der Waals surface area contributed by atoms with E-state index in [0.717, 1.165) is 12.8 Å². The molecule has 0 aromatic heterocycles. The van der Waals surface area contributed by atoms with E-state index in [0.29, 0.717) is 25.8 Å². The summed E-state index contributed by atoms with van der Waals surface area (Å²) in [5.41, 5.74) is 0. The SMILES string of the molecule is CCCCCCCCCCCCCCCCCCCC(=O)N(C)CCCCS(=O)(=O)[O-].[Na+]. The van der Waals surface area contributed by atoms with Crippen LogP contribution in [0.1, 0.15) is 135 Å². The molecule has 0 fully saturated rings. The Hall–Kier alpha value is 0.380. The third-order valence-corrected chi connectivity index (χ3v) is 6.85. The zero-order valence-corrected chi connectivity index (χ0v) is 24.4. The maximum absolute atomic E-state index is 12.0. The molecule has 0 aromatic rings. The van der Waals surface area contributed by atoms with Crippen LogP contribution in [-0.4, -0.2) is 43.1 Å². The molecule has 186 valence electrons. The summed E-state index contributed by atoms with van der Waals surface area (Å²) in [6.45, 7) is 2.79. The molecule has 32 heavy (non-hydrogen) atoms. The Balaban J connectivity index is 0. The van der Waals surface area contributed by atoms with Crippen LogP contribution in [0.3, 0.4) is 0 Å². The van der Waals surface area contributed by atoms with Gasteiger partial charge in [-0.1, -0.05) is 110 Å². The third-order valence-electron chi connectivity index (χ3n) is 6.06. The van der Waals surface area contributed by atoms with E-state index in [2.05, 4.69) is 6.92 Å². The van der Waals surface area contributed by atoms with E-state index in [-0.39, 0.29) is 41.2 Å². The Morgan fingerprint density at radius 1 is 0.656 bits per heavy atom. The molecule has 0 saturated heterocycles. The molecule has 0 aliphatic heterocycles. The van der Waals surface area contributed by atoms with E-state index in [1.165, 1.54) is 96.3 Å². The summed E-state index contributed by atoms with van der Waals surface area (Å²) < 4.78 is 31.7. The van der Waals surface area contributed by atoms with Crippen molar-refractivity contribution in [3.8, 4) is 0 Å². The van der Waals surface area contributed by atoms with Gasteiger partial charge in [-0.25, -0.2) is 8.42 Å². The molecule has 7 heteroatoms. The minimum absolute atomic E-state index is 0. The zero-order chi connectivity index (χ0) is 23.2. The molecule has 0 unspecified atom stereocenters. The van der Waals surface area contributed by atoms with Crippen molar-refractivity contribution < 1.29 is 47.3 Å². The fraction of sp³-hybridized carbons (Fsp3) is 0.960. The van der Waals surface area contributed by atoms with Gasteiger partial charge in [0.05, 0.1) is 10.1 Å². The molecule has 0 N–H and O–H groups in total. The van der Waals surface area contributed by atoms with Crippen molar-refractivity contribution >= 4 is 16.0 Å². The van der Waals surface area contributed by atoms with Crippen molar-refractivity contribution in [2.75, 3.05) is 19.3 Å². The second-order valence-electron chi connectivity index (χ2n) is 9.19. The van der Waals surface area contributed by atoms with Gasteiger partial charge in [0, 0.05) is 25.8 Å². The Morgan fingerprint density at radius 3 is 1.41 bits per heavy atom. The number of hydrogen-bond acceptors (Lipinski definition) is 4. The molecule has 0 aliphatic carbocycles. The van der Waals surface area contributed by atoms with Crippen LogP contribution in [-0.2, 0) is 14.9 Å². The minimum atomic E-state index is -4.14. The van der Waals surface area contributed by atoms with Crippen molar-refractivity contribution in [1.29, 1.82) is 0 Å². The monoisotopic (exact) mass is 483 g/mol. The molecule has 0 aliphatic rings. The van der Waals surface area contributed by atoms with E-state index in [1.807, 2.05) is 0 Å². The number of carbonyl (C=O) groups is 1. The van der Waals surface area contributed by atoms with Crippen LogP contribution in [0, 0.1) is 0 Å². The number of rotatable bonds is 23. The van der Waals surface area contributed by atoms with Gasteiger partial charge < -0.3 is 9.45 Å². The Labute approximate surface area is 221 Å². The molecule has 0 rings (SSSR count). The number of carbonyl (C=O) groups excluding carboxylic acids is 1. The van der Waals surface area contributed by atoms with Gasteiger partial charge in [0.25, 0.3) is 0 Å². The van der Waals surface area contributed by atoms with E-state index < -0.39 is 10.1 Å². The van der Waals surface area contributed by atoms with E-state index in [1.54, 1.807) is 11.9 Å². The smallest absolute Gasteiger partial charge is 0.748 e. The maximum atomic E-state index is 12.0. The van der Waals surface area contributed by atoms with Gasteiger partial charge in [0.2, 0.25) is 5.91 Å². The van der Waals surface area contributed by atoms with Crippen molar-refractivity contribution in [1.82, 2.24) is 4.90 Å². The van der Waals surface area contributed by atoms with Crippen LogP contribution in [0.4, 0.5) is 0 Å². The number of unbranched alkanes of at least 4 members (excludes halogenated alkanes) is 17. The second-order valence-corrected chi connectivity index (χ2v) is 10.7. The summed E-state index contributed by atoms with van der Waals surface area (Å²) >= 11 is 0. The fourth-order valence-corrected chi connectivity index (χ4v) is 4.50. The molecule has 0 heterocycles. The molecule has 5 nitrogen and oxygen atoms in total. The summed E-state index contributed by atoms with van der Waals surface area (Å²) in [7, 11) is -2.38. The largest absolute Gasteiger partial charge is 1.00 e. The second kappa shape index (κ2) is 24.5. The van der Waals surface area contributed by atoms with E-state index in [9.17, 15) is 17.8 Å². The molecule has 0 atom stereocenters. The van der Waals surface area contributed by atoms with Crippen LogP contribution < -0.4 is 29.6 Å². The fourth-order valence-electron chi connectivity index (χ4n) is 3.94. The molecular weight excluding hydrogens is 433 g/mol. The van der Waals surface area contributed by atoms with Gasteiger partial charge in [0.1, 0.15) is 0 Å². The third kappa shape index (κ3) is 26.6. The molecule has 1 amide bonds. The molecule has 0 bridgehead atoms. The average Bonchev–Trinajstić information content (AvgIpc) is 2.72. The van der Waals surface area contributed by atoms with Crippen molar-refractivity contribution in [2.45, 2.75) is 135 Å². The van der Waals surface area contributed by atoms with Crippen LogP contribution in [0.25, 0.3) is 0 Å². The topological polar surface area (TPSA) is 77.5 Å². The first-order valence-corrected chi connectivity index (χ1v) is 14.6. The molecule has 0 aromatic carbocycles. The molecule has 0 radical (unpaired) electrons. The number of amides is 1. The van der Waals surface area contributed by atoms with Crippen LogP contribution in [0.2, 0.25) is 0 Å². The summed E-state index contributed by atoms with van der Waals surface area (Å²) in [4.78, 5) is 13.7. The Bertz CT molecular complexity index is 514. The first-order valence-electron chi connectivity index (χ1n) is 13.0. The van der Waals surface area contributed by atoms with E-state index >= 15 is 0 Å². The van der Waals surface area contributed by atoms with Crippen LogP contribution in [0.5, 0.6) is 0 Å². The van der Waals surface area contributed by atoms with Crippen LogP contribution in [0.15, 0.2) is 0 Å². The normalized spacial score (nSPS) is 11.3. The molecular formula is C25H50NNaO4S. The minimum Gasteiger partial charge on any atom is -0.748 e. The standard InChI is InChI=1S/C25H51NO4S.Na/c1-3-4-5-6-7-8-9-10-11-12-13-14-15-16-17-18-19-22-25(27)26(2)23-20-21-24-31(28,29)30;/h3-24H2,1-2H3,(H,28,29,30);/q;+1/p-1. The van der Waals surface area contributed by atoms with Gasteiger partial charge in [-0.05, 0) is 19.3 Å². The Morgan fingerprint density at radius 2 is 1.03 bits per heavy atom. The van der Waals surface area contributed by atoms with Gasteiger partial charge in [-0.15, -0.1) is 0 Å². The van der Waals surface area contributed by atoms with Crippen LogP contribution >= 0.6 is 0 Å². The van der Waals surface area contributed by atoms with E-state index in [4.69, 9.17) is 0 Å². The summed E-state index contributed by atoms with van der Waals surface area (Å²) in [5.74, 6) is -0.222. The van der Waals surface area contributed by atoms with Gasteiger partial charge >= 0.3 is 29.6 Å². The zero-order valence-electron chi connectivity index (χ0n) is 21.5. The molecule has 0 spiro atoms. The first-order chi connectivity index (χ1) is 14.9. The maximum Gasteiger partial charge on any atom is 1.00 e. The van der Waals surface area contributed by atoms with Gasteiger partial charge in [-0.2, -0.15) is 0 Å².